The average Bonchev–Trinajstić information content (AvgIpc) is 3.25. The molecule has 2 aromatic carbocycles. The second-order valence-electron chi connectivity index (χ2n) is 7.12. The van der Waals surface area contributed by atoms with E-state index < -0.39 is 0 Å². The summed E-state index contributed by atoms with van der Waals surface area (Å²) in [5, 5.41) is 7.48. The molecule has 1 heterocycles. The van der Waals surface area contributed by atoms with Crippen LogP contribution in [0.4, 0.5) is 0 Å². The Morgan fingerprint density at radius 3 is 2.60 bits per heavy atom. The molecule has 0 bridgehead atoms. The largest absolute Gasteiger partial charge is 0.497 e. The first-order valence-electron chi connectivity index (χ1n) is 10.4. The Morgan fingerprint density at radius 2 is 1.90 bits per heavy atom. The predicted octanol–water partition coefficient (Wildman–Crippen LogP) is 3.62. The van der Waals surface area contributed by atoms with Crippen LogP contribution in [0.3, 0.4) is 0 Å². The fourth-order valence-corrected chi connectivity index (χ4v) is 3.60. The second-order valence-corrected chi connectivity index (χ2v) is 7.12. The lowest BCUT2D eigenvalue weighted by atomic mass is 10.0. The summed E-state index contributed by atoms with van der Waals surface area (Å²) >= 11 is 0. The number of carbonyl (C=O) groups excluding carboxylic acids is 1. The zero-order valence-corrected chi connectivity index (χ0v) is 17.9. The van der Waals surface area contributed by atoms with Crippen molar-refractivity contribution in [1.82, 2.24) is 20.0 Å². The molecule has 1 N–H and O–H groups in total. The Balaban J connectivity index is 1.65. The van der Waals surface area contributed by atoms with Gasteiger partial charge in [-0.05, 0) is 48.5 Å². The molecule has 158 valence electrons. The number of ether oxygens (including phenoxy) is 1. The zero-order chi connectivity index (χ0) is 21.3. The van der Waals surface area contributed by atoms with Crippen molar-refractivity contribution in [3.05, 3.63) is 78.1 Å². The van der Waals surface area contributed by atoms with Crippen LogP contribution in [0.15, 0.2) is 67.0 Å². The monoisotopic (exact) mass is 406 g/mol. The van der Waals surface area contributed by atoms with Crippen molar-refractivity contribution in [1.29, 1.82) is 0 Å². The minimum absolute atomic E-state index is 0.0114. The topological polar surface area (TPSA) is 59.4 Å². The number of benzene rings is 2. The van der Waals surface area contributed by atoms with Gasteiger partial charge in [0.05, 0.1) is 31.5 Å². The summed E-state index contributed by atoms with van der Waals surface area (Å²) in [5.41, 5.74) is 3.00. The average molecular weight is 407 g/mol. The van der Waals surface area contributed by atoms with Gasteiger partial charge in [-0.2, -0.15) is 5.10 Å². The Bertz CT molecular complexity index is 935. The number of methoxy groups -OCH3 is 1. The molecule has 1 unspecified atom stereocenters. The van der Waals surface area contributed by atoms with Gasteiger partial charge in [0.2, 0.25) is 5.91 Å². The van der Waals surface area contributed by atoms with Crippen LogP contribution in [-0.4, -0.2) is 47.3 Å². The van der Waals surface area contributed by atoms with E-state index in [-0.39, 0.29) is 11.9 Å². The lowest BCUT2D eigenvalue weighted by molar-refractivity contribution is -0.120. The van der Waals surface area contributed by atoms with Crippen molar-refractivity contribution < 1.29 is 9.53 Å². The Kier molecular flexibility index (Phi) is 7.63. The minimum atomic E-state index is -0.0114. The third-order valence-corrected chi connectivity index (χ3v) is 5.25. The molecule has 0 saturated carbocycles. The van der Waals surface area contributed by atoms with E-state index >= 15 is 0 Å². The third-order valence-electron chi connectivity index (χ3n) is 5.25. The first-order valence-corrected chi connectivity index (χ1v) is 10.4. The number of nitrogens with one attached hydrogen (secondary N) is 1. The Hall–Kier alpha value is -3.12. The molecule has 0 aliphatic rings. The molecule has 3 aromatic rings. The molecule has 0 radical (unpaired) electrons. The first-order chi connectivity index (χ1) is 14.6. The van der Waals surface area contributed by atoms with Crippen molar-refractivity contribution in [3.63, 3.8) is 0 Å². The van der Waals surface area contributed by atoms with Gasteiger partial charge in [0.25, 0.3) is 0 Å². The summed E-state index contributed by atoms with van der Waals surface area (Å²) in [6.07, 6.45) is 3.95. The van der Waals surface area contributed by atoms with E-state index in [9.17, 15) is 4.79 Å². The fourth-order valence-electron chi connectivity index (χ4n) is 3.60. The standard InChI is InChI=1S/C24H30N4O2/c1-4-27(5-2)23(20-10-9-13-22(15-20)30-3)17-25-24(29)14-19-16-26-28(18-19)21-11-7-6-8-12-21/h6-13,15-16,18,23H,4-5,14,17H2,1-3H3,(H,25,29). The lowest BCUT2D eigenvalue weighted by Crippen LogP contribution is -2.38. The molecular formula is C24H30N4O2. The summed E-state index contributed by atoms with van der Waals surface area (Å²) in [7, 11) is 1.67. The molecule has 1 atom stereocenters. The van der Waals surface area contributed by atoms with E-state index in [2.05, 4.69) is 35.2 Å². The highest BCUT2D eigenvalue weighted by Gasteiger charge is 2.19. The molecule has 3 rings (SSSR count). The highest BCUT2D eigenvalue weighted by molar-refractivity contribution is 5.78. The van der Waals surface area contributed by atoms with Crippen LogP contribution in [0.5, 0.6) is 5.75 Å². The maximum Gasteiger partial charge on any atom is 0.224 e. The van der Waals surface area contributed by atoms with Crippen molar-refractivity contribution in [2.24, 2.45) is 0 Å². The van der Waals surface area contributed by atoms with E-state index in [1.165, 1.54) is 0 Å². The number of para-hydroxylation sites is 1. The van der Waals surface area contributed by atoms with Gasteiger partial charge in [0, 0.05) is 12.7 Å². The normalized spacial score (nSPS) is 12.0. The minimum Gasteiger partial charge on any atom is -0.497 e. The molecule has 0 aliphatic heterocycles. The Morgan fingerprint density at radius 1 is 1.13 bits per heavy atom. The number of carbonyl (C=O) groups is 1. The number of likely N-dealkylation sites (N-methyl/N-ethyl adjacent to an activating group) is 1. The van der Waals surface area contributed by atoms with Crippen LogP contribution < -0.4 is 10.1 Å². The van der Waals surface area contributed by atoms with Gasteiger partial charge < -0.3 is 10.1 Å². The van der Waals surface area contributed by atoms with Gasteiger partial charge in [-0.15, -0.1) is 0 Å². The summed E-state index contributed by atoms with van der Waals surface area (Å²) in [4.78, 5) is 15.0. The number of hydrogen-bond donors (Lipinski definition) is 1. The predicted molar refractivity (Wildman–Crippen MR) is 119 cm³/mol. The van der Waals surface area contributed by atoms with Crippen LogP contribution in [-0.2, 0) is 11.2 Å². The lowest BCUT2D eigenvalue weighted by Gasteiger charge is -2.30. The van der Waals surface area contributed by atoms with Crippen LogP contribution in [0.1, 0.15) is 31.0 Å². The molecule has 0 spiro atoms. The smallest absolute Gasteiger partial charge is 0.224 e. The molecule has 0 aliphatic carbocycles. The van der Waals surface area contributed by atoms with Crippen LogP contribution in [0, 0.1) is 0 Å². The third kappa shape index (κ3) is 5.48. The number of rotatable bonds is 10. The van der Waals surface area contributed by atoms with E-state index in [4.69, 9.17) is 4.74 Å². The number of aromatic nitrogens is 2. The van der Waals surface area contributed by atoms with Crippen molar-refractivity contribution in [2.75, 3.05) is 26.7 Å². The van der Waals surface area contributed by atoms with Gasteiger partial charge in [-0.3, -0.25) is 9.69 Å². The van der Waals surface area contributed by atoms with Crippen LogP contribution >= 0.6 is 0 Å². The molecule has 1 aromatic heterocycles. The first kappa shape index (κ1) is 21.6. The van der Waals surface area contributed by atoms with Gasteiger partial charge in [-0.1, -0.05) is 44.2 Å². The number of nitrogens with zero attached hydrogens (tertiary/aromatic N) is 3. The number of hydrogen-bond acceptors (Lipinski definition) is 4. The summed E-state index contributed by atoms with van der Waals surface area (Å²) in [5.74, 6) is 0.812. The molecule has 6 nitrogen and oxygen atoms in total. The second kappa shape index (κ2) is 10.6. The molecule has 1 amide bonds. The highest BCUT2D eigenvalue weighted by atomic mass is 16.5. The van der Waals surface area contributed by atoms with Gasteiger partial charge in [-0.25, -0.2) is 4.68 Å². The zero-order valence-electron chi connectivity index (χ0n) is 17.9. The Labute approximate surface area is 178 Å². The van der Waals surface area contributed by atoms with Crippen molar-refractivity contribution in [2.45, 2.75) is 26.3 Å². The molecule has 0 saturated heterocycles. The van der Waals surface area contributed by atoms with E-state index in [1.807, 2.05) is 54.7 Å². The number of amides is 1. The van der Waals surface area contributed by atoms with Crippen molar-refractivity contribution >= 4 is 5.91 Å². The molecule has 6 heteroatoms. The highest BCUT2D eigenvalue weighted by Crippen LogP contribution is 2.23. The molecular weight excluding hydrogens is 376 g/mol. The van der Waals surface area contributed by atoms with E-state index in [0.29, 0.717) is 13.0 Å². The van der Waals surface area contributed by atoms with Crippen LogP contribution in [0.25, 0.3) is 5.69 Å². The molecule has 0 fully saturated rings. The maximum atomic E-state index is 12.6. The quantitative estimate of drug-likeness (QED) is 0.559. The SMILES string of the molecule is CCN(CC)C(CNC(=O)Cc1cnn(-c2ccccc2)c1)c1cccc(OC)c1. The summed E-state index contributed by atoms with van der Waals surface area (Å²) in [6, 6.07) is 18.0. The van der Waals surface area contributed by atoms with E-state index in [1.54, 1.807) is 18.0 Å². The van der Waals surface area contributed by atoms with Crippen molar-refractivity contribution in [3.8, 4) is 11.4 Å². The summed E-state index contributed by atoms with van der Waals surface area (Å²) in [6.45, 7) is 6.61. The van der Waals surface area contributed by atoms with E-state index in [0.717, 1.165) is 35.7 Å². The van der Waals surface area contributed by atoms with Crippen LogP contribution in [0.2, 0.25) is 0 Å². The van der Waals surface area contributed by atoms with Gasteiger partial charge >= 0.3 is 0 Å². The summed E-state index contributed by atoms with van der Waals surface area (Å²) < 4.78 is 7.17. The maximum absolute atomic E-state index is 12.6. The molecule has 30 heavy (non-hydrogen) atoms. The fraction of sp³-hybridized carbons (Fsp3) is 0.333. The van der Waals surface area contributed by atoms with Gasteiger partial charge in [0.15, 0.2) is 0 Å². The van der Waals surface area contributed by atoms with Gasteiger partial charge in [0.1, 0.15) is 5.75 Å².